The van der Waals surface area contributed by atoms with Crippen molar-refractivity contribution >= 4 is 15.7 Å². The molecule has 2 fully saturated rings. The van der Waals surface area contributed by atoms with Crippen LogP contribution in [0, 0.1) is 5.41 Å². The lowest BCUT2D eigenvalue weighted by atomic mass is 10.0. The van der Waals surface area contributed by atoms with E-state index in [1.54, 1.807) is 0 Å². The van der Waals surface area contributed by atoms with E-state index in [2.05, 4.69) is 10.5 Å². The van der Waals surface area contributed by atoms with Crippen molar-refractivity contribution in [1.82, 2.24) is 5.32 Å². The van der Waals surface area contributed by atoms with Crippen LogP contribution in [0.2, 0.25) is 0 Å². The number of sulfone groups is 1. The maximum absolute atomic E-state index is 11.3. The van der Waals surface area contributed by atoms with Crippen LogP contribution in [0.5, 0.6) is 0 Å². The Bertz CT molecular complexity index is 415. The summed E-state index contributed by atoms with van der Waals surface area (Å²) in [4.78, 5) is 0. The van der Waals surface area contributed by atoms with Gasteiger partial charge in [0.15, 0.2) is 9.84 Å². The van der Waals surface area contributed by atoms with Crippen molar-refractivity contribution in [3.8, 4) is 0 Å². The first-order valence-electron chi connectivity index (χ1n) is 5.85. The van der Waals surface area contributed by atoms with E-state index in [1.165, 1.54) is 0 Å². The van der Waals surface area contributed by atoms with Crippen LogP contribution in [-0.4, -0.2) is 43.6 Å². The van der Waals surface area contributed by atoms with Gasteiger partial charge in [-0.25, -0.2) is 8.42 Å². The molecule has 1 atom stereocenters. The predicted molar refractivity (Wildman–Crippen MR) is 64.8 cm³/mol. The first kappa shape index (κ1) is 12.6. The van der Waals surface area contributed by atoms with Gasteiger partial charge < -0.3 is 16.3 Å². The summed E-state index contributed by atoms with van der Waals surface area (Å²) in [6.07, 6.45) is 3.38. The minimum atomic E-state index is -2.82. The fourth-order valence-electron chi connectivity index (χ4n) is 2.33. The van der Waals surface area contributed by atoms with Gasteiger partial charge >= 0.3 is 0 Å². The standard InChI is InChI=1S/C10H19N3O3S/c11-9(13-14)5-10(2-3-10)7-12-8-1-4-17(15,16)6-8/h8,12,14H,1-7H2,(H2,11,13). The smallest absolute Gasteiger partial charge is 0.151 e. The highest BCUT2D eigenvalue weighted by Gasteiger charge is 2.43. The van der Waals surface area contributed by atoms with Gasteiger partial charge in [0.05, 0.1) is 11.5 Å². The van der Waals surface area contributed by atoms with Gasteiger partial charge in [0.1, 0.15) is 5.84 Å². The zero-order valence-corrected chi connectivity index (χ0v) is 10.5. The first-order valence-corrected chi connectivity index (χ1v) is 7.67. The third kappa shape index (κ3) is 3.32. The Hall–Kier alpha value is -0.820. The molecule has 17 heavy (non-hydrogen) atoms. The molecule has 2 aliphatic rings. The molecule has 0 spiro atoms. The van der Waals surface area contributed by atoms with Gasteiger partial charge in [-0.05, 0) is 24.7 Å². The second-order valence-electron chi connectivity index (χ2n) is 5.25. The molecule has 1 aliphatic heterocycles. The van der Waals surface area contributed by atoms with Gasteiger partial charge in [-0.15, -0.1) is 0 Å². The number of rotatable bonds is 5. The average Bonchev–Trinajstić information content (AvgIpc) is 2.94. The van der Waals surface area contributed by atoms with Crippen molar-refractivity contribution in [2.75, 3.05) is 18.1 Å². The molecule has 1 heterocycles. The summed E-state index contributed by atoms with van der Waals surface area (Å²) < 4.78 is 22.6. The van der Waals surface area contributed by atoms with Crippen molar-refractivity contribution in [3.05, 3.63) is 0 Å². The summed E-state index contributed by atoms with van der Waals surface area (Å²) in [5.41, 5.74) is 5.59. The van der Waals surface area contributed by atoms with Gasteiger partial charge in [0.2, 0.25) is 0 Å². The van der Waals surface area contributed by atoms with Gasteiger partial charge in [-0.2, -0.15) is 0 Å². The Morgan fingerprint density at radius 1 is 1.53 bits per heavy atom. The molecule has 2 rings (SSSR count). The molecule has 1 saturated heterocycles. The number of amidine groups is 1. The third-order valence-electron chi connectivity index (χ3n) is 3.64. The highest BCUT2D eigenvalue weighted by molar-refractivity contribution is 7.91. The van der Waals surface area contributed by atoms with Crippen LogP contribution < -0.4 is 11.1 Å². The van der Waals surface area contributed by atoms with E-state index in [0.29, 0.717) is 12.8 Å². The zero-order valence-electron chi connectivity index (χ0n) is 9.72. The molecule has 1 saturated carbocycles. The normalized spacial score (nSPS) is 30.4. The molecular formula is C10H19N3O3S. The van der Waals surface area contributed by atoms with E-state index < -0.39 is 9.84 Å². The quantitative estimate of drug-likeness (QED) is 0.272. The molecule has 0 aromatic heterocycles. The molecule has 1 aliphatic carbocycles. The molecule has 4 N–H and O–H groups in total. The minimum Gasteiger partial charge on any atom is -0.409 e. The number of hydrogen-bond acceptors (Lipinski definition) is 5. The fraction of sp³-hybridized carbons (Fsp3) is 0.900. The third-order valence-corrected chi connectivity index (χ3v) is 5.41. The van der Waals surface area contributed by atoms with Gasteiger partial charge in [0, 0.05) is 19.0 Å². The Labute approximate surface area is 101 Å². The lowest BCUT2D eigenvalue weighted by Crippen LogP contribution is -2.36. The molecule has 0 amide bonds. The van der Waals surface area contributed by atoms with Crippen molar-refractivity contribution in [2.45, 2.75) is 31.7 Å². The number of hydrogen-bond donors (Lipinski definition) is 3. The van der Waals surface area contributed by atoms with Crippen LogP contribution in [-0.2, 0) is 9.84 Å². The number of nitrogens with two attached hydrogens (primary N) is 1. The second-order valence-corrected chi connectivity index (χ2v) is 7.48. The predicted octanol–water partition coefficient (Wildman–Crippen LogP) is -0.320. The van der Waals surface area contributed by atoms with Crippen molar-refractivity contribution < 1.29 is 13.6 Å². The topological polar surface area (TPSA) is 105 Å². The number of nitrogens with one attached hydrogen (secondary N) is 1. The fourth-order valence-corrected chi connectivity index (χ4v) is 4.04. The van der Waals surface area contributed by atoms with E-state index in [1.807, 2.05) is 0 Å². The molecule has 0 bridgehead atoms. The SMILES string of the molecule is NC(CC1(CNC2CCS(=O)(=O)C2)CC1)=NO. The van der Waals surface area contributed by atoms with Crippen molar-refractivity contribution in [1.29, 1.82) is 0 Å². The minimum absolute atomic E-state index is 0.0739. The van der Waals surface area contributed by atoms with E-state index in [0.717, 1.165) is 19.4 Å². The Morgan fingerprint density at radius 2 is 2.24 bits per heavy atom. The van der Waals surface area contributed by atoms with Gasteiger partial charge in [0.25, 0.3) is 0 Å². The largest absolute Gasteiger partial charge is 0.409 e. The van der Waals surface area contributed by atoms with E-state index in [4.69, 9.17) is 10.9 Å². The highest BCUT2D eigenvalue weighted by Crippen LogP contribution is 2.48. The highest BCUT2D eigenvalue weighted by atomic mass is 32.2. The van der Waals surface area contributed by atoms with Crippen LogP contribution in [0.15, 0.2) is 5.16 Å². The van der Waals surface area contributed by atoms with Crippen LogP contribution in [0.25, 0.3) is 0 Å². The molecular weight excluding hydrogens is 242 g/mol. The Morgan fingerprint density at radius 3 is 2.71 bits per heavy atom. The number of oxime groups is 1. The van der Waals surface area contributed by atoms with E-state index in [9.17, 15) is 8.42 Å². The Kier molecular flexibility index (Phi) is 3.31. The van der Waals surface area contributed by atoms with E-state index >= 15 is 0 Å². The van der Waals surface area contributed by atoms with Crippen molar-refractivity contribution in [3.63, 3.8) is 0 Å². The summed E-state index contributed by atoms with van der Waals surface area (Å²) in [6, 6.07) is 0.0739. The summed E-state index contributed by atoms with van der Waals surface area (Å²) in [5, 5.41) is 14.8. The molecule has 1 unspecified atom stereocenters. The van der Waals surface area contributed by atoms with Crippen molar-refractivity contribution in [2.24, 2.45) is 16.3 Å². The first-order chi connectivity index (χ1) is 7.95. The molecule has 0 aromatic carbocycles. The molecule has 0 radical (unpaired) electrons. The van der Waals surface area contributed by atoms with Gasteiger partial charge in [-0.3, -0.25) is 0 Å². The Balaban J connectivity index is 1.79. The lowest BCUT2D eigenvalue weighted by Gasteiger charge is -2.18. The average molecular weight is 261 g/mol. The molecule has 0 aromatic rings. The summed E-state index contributed by atoms with van der Waals surface area (Å²) in [6.45, 7) is 0.753. The number of nitrogens with zero attached hydrogens (tertiary/aromatic N) is 1. The van der Waals surface area contributed by atoms with Crippen LogP contribution in [0.3, 0.4) is 0 Å². The molecule has 6 nitrogen and oxygen atoms in total. The van der Waals surface area contributed by atoms with Crippen LogP contribution >= 0.6 is 0 Å². The zero-order chi connectivity index (χ0) is 12.5. The van der Waals surface area contributed by atoms with E-state index in [-0.39, 0.29) is 28.8 Å². The maximum Gasteiger partial charge on any atom is 0.151 e. The maximum atomic E-state index is 11.3. The summed E-state index contributed by atoms with van der Waals surface area (Å²) in [7, 11) is -2.82. The van der Waals surface area contributed by atoms with Crippen LogP contribution in [0.4, 0.5) is 0 Å². The lowest BCUT2D eigenvalue weighted by molar-refractivity contribution is 0.313. The van der Waals surface area contributed by atoms with Crippen LogP contribution in [0.1, 0.15) is 25.7 Å². The van der Waals surface area contributed by atoms with Gasteiger partial charge in [-0.1, -0.05) is 5.16 Å². The second kappa shape index (κ2) is 4.45. The summed E-state index contributed by atoms with van der Waals surface area (Å²) >= 11 is 0. The molecule has 98 valence electrons. The monoisotopic (exact) mass is 261 g/mol. The molecule has 7 heteroatoms. The summed E-state index contributed by atoms with van der Waals surface area (Å²) in [5.74, 6) is 0.785.